The number of nitrogens with zero attached hydrogens (tertiary/aromatic N) is 1. The fourth-order valence-electron chi connectivity index (χ4n) is 1.92. The summed E-state index contributed by atoms with van der Waals surface area (Å²) in [5, 5.41) is 8.80. The summed E-state index contributed by atoms with van der Waals surface area (Å²) in [7, 11) is 0. The van der Waals surface area contributed by atoms with E-state index in [-0.39, 0.29) is 12.6 Å². The summed E-state index contributed by atoms with van der Waals surface area (Å²) in [4.78, 5) is 13.1. The maximum atomic E-state index is 11.1. The van der Waals surface area contributed by atoms with E-state index in [0.717, 1.165) is 17.6 Å². The number of hydrogen-bond donors (Lipinski definition) is 1. The SMILES string of the molecule is O=CC1c2ccccc2OCN1CCCO. The van der Waals surface area contributed by atoms with Crippen molar-refractivity contribution in [1.82, 2.24) is 4.90 Å². The minimum atomic E-state index is -0.253. The van der Waals surface area contributed by atoms with Crippen molar-refractivity contribution in [2.24, 2.45) is 0 Å². The number of rotatable bonds is 4. The Kier molecular flexibility index (Phi) is 3.54. The van der Waals surface area contributed by atoms with Gasteiger partial charge in [0, 0.05) is 18.7 Å². The van der Waals surface area contributed by atoms with Crippen LogP contribution >= 0.6 is 0 Å². The van der Waals surface area contributed by atoms with Crippen LogP contribution in [0.5, 0.6) is 5.75 Å². The van der Waals surface area contributed by atoms with E-state index < -0.39 is 0 Å². The van der Waals surface area contributed by atoms with Gasteiger partial charge in [-0.2, -0.15) is 0 Å². The summed E-state index contributed by atoms with van der Waals surface area (Å²) in [6.45, 7) is 1.19. The number of aldehydes is 1. The number of carbonyl (C=O) groups excluding carboxylic acids is 1. The van der Waals surface area contributed by atoms with E-state index in [2.05, 4.69) is 0 Å². The number of carbonyl (C=O) groups is 1. The quantitative estimate of drug-likeness (QED) is 0.769. The molecule has 0 saturated carbocycles. The van der Waals surface area contributed by atoms with E-state index in [0.29, 0.717) is 19.7 Å². The Hall–Kier alpha value is -1.39. The van der Waals surface area contributed by atoms with Crippen molar-refractivity contribution >= 4 is 6.29 Å². The predicted molar refractivity (Wildman–Crippen MR) is 59.2 cm³/mol. The van der Waals surface area contributed by atoms with Crippen molar-refractivity contribution in [3.63, 3.8) is 0 Å². The highest BCUT2D eigenvalue weighted by molar-refractivity contribution is 5.64. The van der Waals surface area contributed by atoms with Gasteiger partial charge in [-0.25, -0.2) is 0 Å². The van der Waals surface area contributed by atoms with E-state index in [9.17, 15) is 4.79 Å². The lowest BCUT2D eigenvalue weighted by atomic mass is 10.0. The minimum absolute atomic E-state index is 0.129. The Morgan fingerprint density at radius 3 is 3.06 bits per heavy atom. The van der Waals surface area contributed by atoms with Crippen LogP contribution in [-0.2, 0) is 4.79 Å². The third-order valence-corrected chi connectivity index (χ3v) is 2.75. The molecule has 0 saturated heterocycles. The van der Waals surface area contributed by atoms with E-state index >= 15 is 0 Å². The molecule has 86 valence electrons. The van der Waals surface area contributed by atoms with Gasteiger partial charge < -0.3 is 14.6 Å². The molecule has 0 spiro atoms. The first kappa shape index (κ1) is 11.1. The van der Waals surface area contributed by atoms with Gasteiger partial charge >= 0.3 is 0 Å². The predicted octanol–water partition coefficient (Wildman–Crippen LogP) is 0.961. The first-order valence-electron chi connectivity index (χ1n) is 5.38. The Balaban J connectivity index is 2.19. The van der Waals surface area contributed by atoms with Gasteiger partial charge in [0.1, 0.15) is 18.8 Å². The number of fused-ring (bicyclic) bond motifs is 1. The van der Waals surface area contributed by atoms with Crippen molar-refractivity contribution in [2.45, 2.75) is 12.5 Å². The maximum Gasteiger partial charge on any atom is 0.142 e. The number of aliphatic hydroxyl groups is 1. The molecule has 0 fully saturated rings. The van der Waals surface area contributed by atoms with Crippen molar-refractivity contribution in [3.8, 4) is 5.75 Å². The number of ether oxygens (including phenoxy) is 1. The van der Waals surface area contributed by atoms with E-state index in [4.69, 9.17) is 9.84 Å². The van der Waals surface area contributed by atoms with Crippen LogP contribution in [0.3, 0.4) is 0 Å². The molecule has 1 unspecified atom stereocenters. The molecule has 0 radical (unpaired) electrons. The fraction of sp³-hybridized carbons (Fsp3) is 0.417. The van der Waals surface area contributed by atoms with E-state index in [1.54, 1.807) is 0 Å². The van der Waals surface area contributed by atoms with Crippen molar-refractivity contribution in [2.75, 3.05) is 19.9 Å². The highest BCUT2D eigenvalue weighted by Gasteiger charge is 2.27. The zero-order chi connectivity index (χ0) is 11.4. The Labute approximate surface area is 94.4 Å². The van der Waals surface area contributed by atoms with Gasteiger partial charge in [-0.05, 0) is 12.5 Å². The number of hydrogen-bond acceptors (Lipinski definition) is 4. The van der Waals surface area contributed by atoms with Crippen molar-refractivity contribution < 1.29 is 14.6 Å². The lowest BCUT2D eigenvalue weighted by Gasteiger charge is -2.33. The summed E-state index contributed by atoms with van der Waals surface area (Å²) in [6.07, 6.45) is 1.58. The van der Waals surface area contributed by atoms with Crippen LogP contribution in [0, 0.1) is 0 Å². The molecule has 0 amide bonds. The Morgan fingerprint density at radius 1 is 1.50 bits per heavy atom. The van der Waals surface area contributed by atoms with Crippen LogP contribution in [-0.4, -0.2) is 36.2 Å². The average molecular weight is 221 g/mol. The molecule has 16 heavy (non-hydrogen) atoms. The van der Waals surface area contributed by atoms with Crippen LogP contribution in [0.15, 0.2) is 24.3 Å². The van der Waals surface area contributed by atoms with Crippen LogP contribution in [0.1, 0.15) is 18.0 Å². The molecule has 1 aliphatic heterocycles. The van der Waals surface area contributed by atoms with Crippen LogP contribution in [0.4, 0.5) is 0 Å². The van der Waals surface area contributed by atoms with Gasteiger partial charge in [-0.15, -0.1) is 0 Å². The van der Waals surface area contributed by atoms with Gasteiger partial charge in [-0.1, -0.05) is 18.2 Å². The minimum Gasteiger partial charge on any atom is -0.478 e. The largest absolute Gasteiger partial charge is 0.478 e. The zero-order valence-corrected chi connectivity index (χ0v) is 9.00. The smallest absolute Gasteiger partial charge is 0.142 e. The molecular formula is C12H15NO3. The zero-order valence-electron chi connectivity index (χ0n) is 9.00. The van der Waals surface area contributed by atoms with Crippen molar-refractivity contribution in [1.29, 1.82) is 0 Å². The number of benzene rings is 1. The molecule has 0 aliphatic carbocycles. The van der Waals surface area contributed by atoms with Gasteiger partial charge in [-0.3, -0.25) is 4.90 Å². The molecule has 4 heteroatoms. The summed E-state index contributed by atoms with van der Waals surface area (Å²) in [5.74, 6) is 0.778. The molecule has 1 aromatic rings. The second-order valence-electron chi connectivity index (χ2n) is 3.78. The van der Waals surface area contributed by atoms with Crippen LogP contribution < -0.4 is 4.74 Å². The highest BCUT2D eigenvalue weighted by Crippen LogP contribution is 2.32. The summed E-state index contributed by atoms with van der Waals surface area (Å²) < 4.78 is 5.55. The molecule has 4 nitrogen and oxygen atoms in total. The lowest BCUT2D eigenvalue weighted by Crippen LogP contribution is -2.38. The van der Waals surface area contributed by atoms with Gasteiger partial charge in [0.25, 0.3) is 0 Å². The molecule has 0 aromatic heterocycles. The van der Waals surface area contributed by atoms with Crippen LogP contribution in [0.25, 0.3) is 0 Å². The molecule has 1 heterocycles. The monoisotopic (exact) mass is 221 g/mol. The summed E-state index contributed by atoms with van der Waals surface area (Å²) in [6, 6.07) is 7.31. The first-order valence-corrected chi connectivity index (χ1v) is 5.38. The molecular weight excluding hydrogens is 206 g/mol. The summed E-state index contributed by atoms with van der Waals surface area (Å²) in [5.41, 5.74) is 0.904. The second kappa shape index (κ2) is 5.09. The van der Waals surface area contributed by atoms with E-state index in [1.807, 2.05) is 29.2 Å². The molecule has 0 bridgehead atoms. The standard InChI is InChI=1S/C12H15NO3/c14-7-3-6-13-9-16-12-5-2-1-4-10(12)11(13)8-15/h1-2,4-5,8,11,14H,3,6-7,9H2. The Bertz CT molecular complexity index is 367. The third-order valence-electron chi connectivity index (χ3n) is 2.75. The lowest BCUT2D eigenvalue weighted by molar-refractivity contribution is -0.115. The first-order chi connectivity index (χ1) is 7.86. The van der Waals surface area contributed by atoms with Gasteiger partial charge in [0.2, 0.25) is 0 Å². The molecule has 1 aliphatic rings. The molecule has 1 aromatic carbocycles. The molecule has 1 N–H and O–H groups in total. The van der Waals surface area contributed by atoms with E-state index in [1.165, 1.54) is 0 Å². The normalized spacial score (nSPS) is 19.9. The maximum absolute atomic E-state index is 11.1. The topological polar surface area (TPSA) is 49.8 Å². The number of para-hydroxylation sites is 1. The highest BCUT2D eigenvalue weighted by atomic mass is 16.5. The fourth-order valence-corrected chi connectivity index (χ4v) is 1.92. The van der Waals surface area contributed by atoms with Crippen molar-refractivity contribution in [3.05, 3.63) is 29.8 Å². The van der Waals surface area contributed by atoms with Crippen LogP contribution in [0.2, 0.25) is 0 Å². The Morgan fingerprint density at radius 2 is 2.31 bits per heavy atom. The molecule has 2 rings (SSSR count). The number of aliphatic hydroxyl groups excluding tert-OH is 1. The van der Waals surface area contributed by atoms with Gasteiger partial charge in [0.05, 0.1) is 6.04 Å². The van der Waals surface area contributed by atoms with Gasteiger partial charge in [0.15, 0.2) is 0 Å². The average Bonchev–Trinajstić information content (AvgIpc) is 2.35. The summed E-state index contributed by atoms with van der Waals surface area (Å²) >= 11 is 0. The second-order valence-corrected chi connectivity index (χ2v) is 3.78. The molecule has 1 atom stereocenters. The third kappa shape index (κ3) is 2.08.